The van der Waals surface area contributed by atoms with Crippen LogP contribution in [0.15, 0.2) is 125 Å². The molecule has 3 aliphatic rings. The molecule has 1 saturated heterocycles. The lowest BCUT2D eigenvalue weighted by Gasteiger charge is -2.27. The van der Waals surface area contributed by atoms with Crippen LogP contribution in [0.1, 0.15) is 29.2 Å². The Morgan fingerprint density at radius 1 is 0.750 bits per heavy atom. The number of hydrogen-bond donors (Lipinski definition) is 1. The van der Waals surface area contributed by atoms with Crippen molar-refractivity contribution in [3.8, 4) is 18.2 Å². The lowest BCUT2D eigenvalue weighted by molar-refractivity contribution is 0.582. The fourth-order valence-corrected chi connectivity index (χ4v) is 5.89. The van der Waals surface area contributed by atoms with Crippen molar-refractivity contribution in [1.29, 1.82) is 15.8 Å². The van der Waals surface area contributed by atoms with E-state index in [1.807, 2.05) is 72.8 Å². The number of rotatable bonds is 5. The summed E-state index contributed by atoms with van der Waals surface area (Å²) in [6.45, 7) is 2.90. The lowest BCUT2D eigenvalue weighted by Crippen LogP contribution is -2.17. The average molecular weight is 515 g/mol. The normalized spacial score (nSPS) is 22.8. The maximum atomic E-state index is 10.6. The van der Waals surface area contributed by atoms with Gasteiger partial charge in [0.1, 0.15) is 0 Å². The standard InChI is InChI=1S/C36H26N4/c1-23-18-25(20-38)14-17-29(23)35-33(27-10-6-3-7-11-27)32(26-8-4-2-5-9-26)34(28-15-12-24(19-37)13-16-28)36(35)30(21-39)31-22-40-31/h2-18,23,29,31,40H,22H2,1H3/b36-30+. The van der Waals surface area contributed by atoms with E-state index in [4.69, 9.17) is 0 Å². The Bertz CT molecular complexity index is 1760. The van der Waals surface area contributed by atoms with Crippen molar-refractivity contribution >= 4 is 16.7 Å². The minimum Gasteiger partial charge on any atom is -0.306 e. The van der Waals surface area contributed by atoms with Crippen LogP contribution in [0.4, 0.5) is 0 Å². The van der Waals surface area contributed by atoms with Crippen LogP contribution in [0.25, 0.3) is 16.7 Å². The van der Waals surface area contributed by atoms with Crippen molar-refractivity contribution in [2.24, 2.45) is 11.8 Å². The zero-order chi connectivity index (χ0) is 27.6. The summed E-state index contributed by atoms with van der Waals surface area (Å²) in [5.41, 5.74) is 10.3. The van der Waals surface area contributed by atoms with Crippen LogP contribution in [-0.2, 0) is 0 Å². The van der Waals surface area contributed by atoms with Gasteiger partial charge in [0, 0.05) is 23.6 Å². The molecule has 190 valence electrons. The molecule has 40 heavy (non-hydrogen) atoms. The molecule has 3 atom stereocenters. The van der Waals surface area contributed by atoms with Crippen LogP contribution >= 0.6 is 0 Å². The smallest absolute Gasteiger partial charge is 0.0991 e. The Kier molecular flexibility index (Phi) is 6.59. The SMILES string of the molecule is CC1C=C(C#N)C=CC1C1=C(c2ccccc2)C(c2ccccc2)=C(c2ccc(C#N)cc2)/C1=C(/C#N)C1CN1. The molecule has 1 aliphatic heterocycles. The van der Waals surface area contributed by atoms with Crippen LogP contribution in [0, 0.1) is 45.8 Å². The average Bonchev–Trinajstić information content (AvgIpc) is 3.79. The van der Waals surface area contributed by atoms with Gasteiger partial charge in [0.05, 0.1) is 35.4 Å². The highest BCUT2D eigenvalue weighted by atomic mass is 15.1. The molecular weight excluding hydrogens is 488 g/mol. The second kappa shape index (κ2) is 10.5. The molecular formula is C36H26N4. The summed E-state index contributed by atoms with van der Waals surface area (Å²) in [4.78, 5) is 0. The maximum Gasteiger partial charge on any atom is 0.0991 e. The highest BCUT2D eigenvalue weighted by molar-refractivity contribution is 6.25. The molecule has 0 amide bonds. The first-order chi connectivity index (χ1) is 19.6. The lowest BCUT2D eigenvalue weighted by atomic mass is 9.75. The molecule has 2 aliphatic carbocycles. The molecule has 0 aromatic heterocycles. The topological polar surface area (TPSA) is 93.3 Å². The van der Waals surface area contributed by atoms with Crippen molar-refractivity contribution < 1.29 is 0 Å². The van der Waals surface area contributed by atoms with Gasteiger partial charge < -0.3 is 5.32 Å². The zero-order valence-electron chi connectivity index (χ0n) is 22.1. The van der Waals surface area contributed by atoms with E-state index in [9.17, 15) is 15.8 Å². The first-order valence-corrected chi connectivity index (χ1v) is 13.4. The van der Waals surface area contributed by atoms with Crippen LogP contribution in [0.5, 0.6) is 0 Å². The molecule has 1 N–H and O–H groups in total. The van der Waals surface area contributed by atoms with Gasteiger partial charge in [-0.25, -0.2) is 0 Å². The Morgan fingerprint density at radius 3 is 1.88 bits per heavy atom. The summed E-state index contributed by atoms with van der Waals surface area (Å²) < 4.78 is 0. The van der Waals surface area contributed by atoms with Gasteiger partial charge in [-0.05, 0) is 63.1 Å². The highest BCUT2D eigenvalue weighted by Gasteiger charge is 2.41. The van der Waals surface area contributed by atoms with Crippen molar-refractivity contribution in [2.45, 2.75) is 13.0 Å². The fourth-order valence-electron chi connectivity index (χ4n) is 5.89. The molecule has 0 radical (unpaired) electrons. The molecule has 4 heteroatoms. The van der Waals surface area contributed by atoms with Crippen LogP contribution in [0.3, 0.4) is 0 Å². The number of nitrogens with one attached hydrogen (secondary N) is 1. The van der Waals surface area contributed by atoms with E-state index in [0.717, 1.165) is 56.7 Å². The summed E-state index contributed by atoms with van der Waals surface area (Å²) in [5.74, 6) is 0.00630. The molecule has 1 fully saturated rings. The van der Waals surface area contributed by atoms with Crippen LogP contribution < -0.4 is 5.32 Å². The third kappa shape index (κ3) is 4.40. The molecule has 1 heterocycles. The number of benzene rings is 3. The van der Waals surface area contributed by atoms with E-state index in [1.54, 1.807) is 0 Å². The third-order valence-corrected chi connectivity index (χ3v) is 7.82. The molecule has 3 unspecified atom stereocenters. The van der Waals surface area contributed by atoms with Gasteiger partial charge in [0.25, 0.3) is 0 Å². The van der Waals surface area contributed by atoms with Gasteiger partial charge >= 0.3 is 0 Å². The van der Waals surface area contributed by atoms with Crippen LogP contribution in [-0.4, -0.2) is 12.6 Å². The predicted octanol–water partition coefficient (Wildman–Crippen LogP) is 7.00. The Balaban J connectivity index is 1.75. The quantitative estimate of drug-likeness (QED) is 0.293. The molecule has 0 saturated carbocycles. The molecule has 0 bridgehead atoms. The van der Waals surface area contributed by atoms with E-state index >= 15 is 0 Å². The van der Waals surface area contributed by atoms with Crippen LogP contribution in [0.2, 0.25) is 0 Å². The van der Waals surface area contributed by atoms with Crippen molar-refractivity contribution in [1.82, 2.24) is 5.32 Å². The van der Waals surface area contributed by atoms with Gasteiger partial charge in [-0.1, -0.05) is 91.9 Å². The highest BCUT2D eigenvalue weighted by Crippen LogP contribution is 2.56. The van der Waals surface area contributed by atoms with Gasteiger partial charge in [-0.15, -0.1) is 0 Å². The Morgan fingerprint density at radius 2 is 1.35 bits per heavy atom. The van der Waals surface area contributed by atoms with E-state index < -0.39 is 0 Å². The summed E-state index contributed by atoms with van der Waals surface area (Å²) >= 11 is 0. The number of nitriles is 3. The first kappa shape index (κ1) is 25.1. The molecule has 0 spiro atoms. The first-order valence-electron chi connectivity index (χ1n) is 13.4. The molecule has 3 aromatic rings. The van der Waals surface area contributed by atoms with Crippen molar-refractivity contribution in [3.05, 3.63) is 148 Å². The zero-order valence-corrected chi connectivity index (χ0v) is 22.1. The van der Waals surface area contributed by atoms with E-state index in [2.05, 4.69) is 60.8 Å². The van der Waals surface area contributed by atoms with Crippen molar-refractivity contribution in [2.75, 3.05) is 6.54 Å². The van der Waals surface area contributed by atoms with Gasteiger partial charge in [-0.3, -0.25) is 0 Å². The monoisotopic (exact) mass is 514 g/mol. The third-order valence-electron chi connectivity index (χ3n) is 7.82. The van der Waals surface area contributed by atoms with E-state index in [1.165, 1.54) is 0 Å². The van der Waals surface area contributed by atoms with Crippen molar-refractivity contribution in [3.63, 3.8) is 0 Å². The summed E-state index contributed by atoms with van der Waals surface area (Å²) in [5, 5.41) is 33.1. The van der Waals surface area contributed by atoms with Gasteiger partial charge in [-0.2, -0.15) is 15.8 Å². The Labute approximate surface area is 234 Å². The second-order valence-corrected chi connectivity index (χ2v) is 10.3. The predicted molar refractivity (Wildman–Crippen MR) is 158 cm³/mol. The largest absolute Gasteiger partial charge is 0.306 e. The second-order valence-electron chi connectivity index (χ2n) is 10.3. The molecule has 3 aromatic carbocycles. The number of hydrogen-bond acceptors (Lipinski definition) is 4. The van der Waals surface area contributed by atoms with Gasteiger partial charge in [0.2, 0.25) is 0 Å². The molecule has 4 nitrogen and oxygen atoms in total. The summed E-state index contributed by atoms with van der Waals surface area (Å²) in [7, 11) is 0. The van der Waals surface area contributed by atoms with E-state index in [-0.39, 0.29) is 17.9 Å². The Hall–Kier alpha value is -5.21. The molecule has 6 rings (SSSR count). The summed E-state index contributed by atoms with van der Waals surface area (Å²) in [6.07, 6.45) is 6.06. The maximum absolute atomic E-state index is 10.6. The number of nitrogens with zero attached hydrogens (tertiary/aromatic N) is 3. The minimum absolute atomic E-state index is 0.0105. The summed E-state index contributed by atoms with van der Waals surface area (Å²) in [6, 6.07) is 35.5. The van der Waals surface area contributed by atoms with Gasteiger partial charge in [0.15, 0.2) is 0 Å². The van der Waals surface area contributed by atoms with E-state index in [0.29, 0.717) is 11.1 Å². The fraction of sp³-hybridized carbons (Fsp3) is 0.139. The minimum atomic E-state index is -0.0426. The number of allylic oxidation sites excluding steroid dienone is 9.